The van der Waals surface area contributed by atoms with Gasteiger partial charge in [0.1, 0.15) is 0 Å². The molecule has 0 aliphatic heterocycles. The van der Waals surface area contributed by atoms with Crippen LogP contribution in [0.3, 0.4) is 0 Å². The summed E-state index contributed by atoms with van der Waals surface area (Å²) in [5, 5.41) is 0. The van der Waals surface area contributed by atoms with Gasteiger partial charge >= 0.3 is 0 Å². The van der Waals surface area contributed by atoms with Gasteiger partial charge in [-0.05, 0) is 6.92 Å². The van der Waals surface area contributed by atoms with Crippen LogP contribution in [0.5, 0.6) is 0 Å². The van der Waals surface area contributed by atoms with Crippen molar-refractivity contribution in [1.82, 2.24) is 0 Å². The Kier molecular flexibility index (Phi) is 3.99. The van der Waals surface area contributed by atoms with Crippen molar-refractivity contribution in [2.24, 2.45) is 15.4 Å². The van der Waals surface area contributed by atoms with Crippen molar-refractivity contribution < 1.29 is 0 Å². The molecule has 2 heteroatoms. The van der Waals surface area contributed by atoms with Crippen LogP contribution in [0, 0.1) is 5.41 Å². The van der Waals surface area contributed by atoms with E-state index < -0.39 is 0 Å². The third kappa shape index (κ3) is 3.30. The van der Waals surface area contributed by atoms with Gasteiger partial charge in [0.25, 0.3) is 0 Å². The molecule has 0 aliphatic rings. The lowest BCUT2D eigenvalue weighted by Crippen LogP contribution is -2.18. The standard InChI is InChI=1S/C14H20N2/c1-11(14(2,3)4)16-13(15-5)12-9-7-6-8-10-12/h6-10H,1-5H3. The largest absolute Gasteiger partial charge is 0.270 e. The average molecular weight is 216 g/mol. The van der Waals surface area contributed by atoms with Crippen LogP contribution in [-0.4, -0.2) is 18.6 Å². The number of hydrogen-bond acceptors (Lipinski definition) is 1. The van der Waals surface area contributed by atoms with Gasteiger partial charge in [0.2, 0.25) is 0 Å². The molecule has 0 amide bonds. The molecule has 0 radical (unpaired) electrons. The molecule has 1 aromatic rings. The molecule has 0 bridgehead atoms. The molecule has 0 aliphatic carbocycles. The van der Waals surface area contributed by atoms with Gasteiger partial charge in [0.15, 0.2) is 5.84 Å². The van der Waals surface area contributed by atoms with E-state index in [1.807, 2.05) is 37.3 Å². The van der Waals surface area contributed by atoms with Crippen molar-refractivity contribution >= 4 is 11.5 Å². The molecule has 0 heterocycles. The normalized spacial score (nSPS) is 14.1. The van der Waals surface area contributed by atoms with Gasteiger partial charge in [-0.3, -0.25) is 4.99 Å². The number of aliphatic imine (C=N–C) groups is 2. The van der Waals surface area contributed by atoms with Crippen LogP contribution in [0.2, 0.25) is 0 Å². The fraction of sp³-hybridized carbons (Fsp3) is 0.429. The van der Waals surface area contributed by atoms with E-state index in [4.69, 9.17) is 0 Å². The lowest BCUT2D eigenvalue weighted by atomic mass is 9.91. The first-order valence-corrected chi connectivity index (χ1v) is 5.53. The van der Waals surface area contributed by atoms with Crippen molar-refractivity contribution in [2.75, 3.05) is 7.05 Å². The van der Waals surface area contributed by atoms with E-state index >= 15 is 0 Å². The van der Waals surface area contributed by atoms with Crippen molar-refractivity contribution in [3.05, 3.63) is 35.9 Å². The summed E-state index contributed by atoms with van der Waals surface area (Å²) < 4.78 is 0. The molecular formula is C14H20N2. The summed E-state index contributed by atoms with van der Waals surface area (Å²) in [4.78, 5) is 8.84. The van der Waals surface area contributed by atoms with Crippen LogP contribution in [0.15, 0.2) is 40.3 Å². The minimum atomic E-state index is 0.0880. The fourth-order valence-electron chi connectivity index (χ4n) is 1.16. The maximum atomic E-state index is 4.60. The van der Waals surface area contributed by atoms with Gasteiger partial charge < -0.3 is 0 Å². The molecule has 16 heavy (non-hydrogen) atoms. The quantitative estimate of drug-likeness (QED) is 0.506. The molecule has 0 saturated heterocycles. The van der Waals surface area contributed by atoms with Crippen LogP contribution in [-0.2, 0) is 0 Å². The zero-order chi connectivity index (χ0) is 12.2. The van der Waals surface area contributed by atoms with Gasteiger partial charge in [-0.2, -0.15) is 0 Å². The summed E-state index contributed by atoms with van der Waals surface area (Å²) in [5.74, 6) is 0.799. The minimum Gasteiger partial charge on any atom is -0.270 e. The zero-order valence-electron chi connectivity index (χ0n) is 10.8. The van der Waals surface area contributed by atoms with Crippen LogP contribution in [0.4, 0.5) is 0 Å². The maximum Gasteiger partial charge on any atom is 0.154 e. The molecule has 1 rings (SSSR count). The van der Waals surface area contributed by atoms with E-state index in [0.717, 1.165) is 17.1 Å². The second kappa shape index (κ2) is 5.06. The summed E-state index contributed by atoms with van der Waals surface area (Å²) in [6.07, 6.45) is 0. The van der Waals surface area contributed by atoms with Crippen molar-refractivity contribution in [2.45, 2.75) is 27.7 Å². The molecule has 86 valence electrons. The topological polar surface area (TPSA) is 24.7 Å². The van der Waals surface area contributed by atoms with Gasteiger partial charge in [0.05, 0.1) is 0 Å². The lowest BCUT2D eigenvalue weighted by Gasteiger charge is -2.18. The van der Waals surface area contributed by atoms with Crippen molar-refractivity contribution in [3.63, 3.8) is 0 Å². The van der Waals surface area contributed by atoms with Crippen molar-refractivity contribution in [1.29, 1.82) is 0 Å². The Bertz CT molecular complexity index is 394. The number of nitrogens with zero attached hydrogens (tertiary/aromatic N) is 2. The fourth-order valence-corrected chi connectivity index (χ4v) is 1.16. The molecule has 0 unspecified atom stereocenters. The maximum absolute atomic E-state index is 4.60. The highest BCUT2D eigenvalue weighted by molar-refractivity contribution is 6.07. The van der Waals surface area contributed by atoms with E-state index in [2.05, 4.69) is 30.8 Å². The Morgan fingerprint density at radius 3 is 2.06 bits per heavy atom. The van der Waals surface area contributed by atoms with E-state index in [1.54, 1.807) is 7.05 Å². The Labute approximate surface area is 98.1 Å². The Balaban J connectivity index is 3.04. The van der Waals surface area contributed by atoms with Crippen LogP contribution in [0.1, 0.15) is 33.3 Å². The summed E-state index contributed by atoms with van der Waals surface area (Å²) in [6, 6.07) is 10.1. The van der Waals surface area contributed by atoms with Gasteiger partial charge in [-0.25, -0.2) is 4.99 Å². The SMILES string of the molecule is CN=C(N=C(C)C(C)(C)C)c1ccccc1. The Morgan fingerprint density at radius 2 is 1.62 bits per heavy atom. The molecule has 0 aromatic heterocycles. The zero-order valence-corrected chi connectivity index (χ0v) is 10.8. The monoisotopic (exact) mass is 216 g/mol. The number of hydrogen-bond donors (Lipinski definition) is 0. The summed E-state index contributed by atoms with van der Waals surface area (Å²) in [6.45, 7) is 8.52. The van der Waals surface area contributed by atoms with Crippen molar-refractivity contribution in [3.8, 4) is 0 Å². The number of amidine groups is 1. The summed E-state index contributed by atoms with van der Waals surface area (Å²) in [7, 11) is 1.78. The van der Waals surface area contributed by atoms with Gasteiger partial charge in [0, 0.05) is 23.7 Å². The summed E-state index contributed by atoms with van der Waals surface area (Å²) >= 11 is 0. The van der Waals surface area contributed by atoms with Gasteiger partial charge in [-0.15, -0.1) is 0 Å². The second-order valence-corrected chi connectivity index (χ2v) is 4.86. The molecule has 0 fully saturated rings. The second-order valence-electron chi connectivity index (χ2n) is 4.86. The molecule has 0 saturated carbocycles. The Hall–Kier alpha value is -1.44. The first-order valence-electron chi connectivity index (χ1n) is 5.53. The Morgan fingerprint density at radius 1 is 1.06 bits per heavy atom. The van der Waals surface area contributed by atoms with Crippen LogP contribution in [0.25, 0.3) is 0 Å². The van der Waals surface area contributed by atoms with E-state index in [9.17, 15) is 0 Å². The third-order valence-electron chi connectivity index (χ3n) is 2.60. The number of benzene rings is 1. The lowest BCUT2D eigenvalue weighted by molar-refractivity contribution is 0.589. The van der Waals surface area contributed by atoms with E-state index in [0.29, 0.717) is 0 Å². The highest BCUT2D eigenvalue weighted by atomic mass is 14.9. The predicted molar refractivity (Wildman–Crippen MR) is 71.5 cm³/mol. The van der Waals surface area contributed by atoms with E-state index in [1.165, 1.54) is 0 Å². The first-order chi connectivity index (χ1) is 7.45. The molecule has 0 spiro atoms. The van der Waals surface area contributed by atoms with E-state index in [-0.39, 0.29) is 5.41 Å². The summed E-state index contributed by atoms with van der Waals surface area (Å²) in [5.41, 5.74) is 2.25. The third-order valence-corrected chi connectivity index (χ3v) is 2.60. The predicted octanol–water partition coefficient (Wildman–Crippen LogP) is 3.57. The first kappa shape index (κ1) is 12.6. The highest BCUT2D eigenvalue weighted by Gasteiger charge is 2.15. The smallest absolute Gasteiger partial charge is 0.154 e. The minimum absolute atomic E-state index is 0.0880. The molecule has 2 nitrogen and oxygen atoms in total. The number of rotatable bonds is 1. The van der Waals surface area contributed by atoms with Crippen LogP contribution >= 0.6 is 0 Å². The molecular weight excluding hydrogens is 196 g/mol. The molecule has 1 aromatic carbocycles. The molecule has 0 atom stereocenters. The highest BCUT2D eigenvalue weighted by Crippen LogP contribution is 2.16. The van der Waals surface area contributed by atoms with Gasteiger partial charge in [-0.1, -0.05) is 51.1 Å². The average Bonchev–Trinajstić information content (AvgIpc) is 2.25. The molecule has 0 N–H and O–H groups in total. The van der Waals surface area contributed by atoms with Crippen LogP contribution < -0.4 is 0 Å².